The van der Waals surface area contributed by atoms with Crippen LogP contribution >= 0.6 is 0 Å². The smallest absolute Gasteiger partial charge is 0.254 e. The summed E-state index contributed by atoms with van der Waals surface area (Å²) >= 11 is 0. The second-order valence-corrected chi connectivity index (χ2v) is 7.29. The third kappa shape index (κ3) is 4.62. The van der Waals surface area contributed by atoms with Gasteiger partial charge in [-0.15, -0.1) is 0 Å². The Kier molecular flexibility index (Phi) is 4.85. The normalized spacial score (nSPS) is 14.9. The lowest BCUT2D eigenvalue weighted by molar-refractivity contribution is 0.0960. The molecule has 33 heavy (non-hydrogen) atoms. The Morgan fingerprint density at radius 2 is 2.00 bits per heavy atom. The monoisotopic (exact) mass is 450 g/mol. The number of nitrogens with one attached hydrogen (secondary N) is 2. The number of benzene rings is 1. The first-order valence-corrected chi connectivity index (χ1v) is 10.1. The van der Waals surface area contributed by atoms with E-state index in [9.17, 15) is 9.18 Å². The van der Waals surface area contributed by atoms with Gasteiger partial charge in [0.1, 0.15) is 18.0 Å². The number of hydrogen-bond acceptors (Lipinski definition) is 7. The summed E-state index contributed by atoms with van der Waals surface area (Å²) in [7, 11) is 1.44. The molecule has 0 aliphatic heterocycles. The van der Waals surface area contributed by atoms with Crippen molar-refractivity contribution in [2.45, 2.75) is 26.1 Å². The van der Waals surface area contributed by atoms with E-state index in [0.29, 0.717) is 34.5 Å². The molecule has 4 rings (SSSR count). The number of amides is 1. The Morgan fingerprint density at radius 3 is 2.76 bits per heavy atom. The summed E-state index contributed by atoms with van der Waals surface area (Å²) in [5, 5.41) is 6.11. The quantitative estimate of drug-likeness (QED) is 0.442. The van der Waals surface area contributed by atoms with Gasteiger partial charge < -0.3 is 10.6 Å². The number of rotatable bonds is 7. The molecule has 0 saturated heterocycles. The molecule has 3 aromatic heterocycles. The number of para-hydroxylation sites is 1. The zero-order chi connectivity index (χ0) is 27.7. The van der Waals surface area contributed by atoms with E-state index in [1.807, 2.05) is 13.0 Å². The number of hydrogen-bond donors (Lipinski definition) is 2. The number of carbonyl (C=O) groups excluding carboxylic acids is 1. The van der Waals surface area contributed by atoms with Gasteiger partial charge in [-0.3, -0.25) is 9.78 Å². The van der Waals surface area contributed by atoms with Gasteiger partial charge in [0.05, 0.1) is 23.0 Å². The first-order valence-electron chi connectivity index (χ1n) is 12.6. The Bertz CT molecular complexity index is 1480. The van der Waals surface area contributed by atoms with E-state index in [0.717, 1.165) is 11.8 Å². The predicted octanol–water partition coefficient (Wildman–Crippen LogP) is 3.76. The highest BCUT2D eigenvalue weighted by Gasteiger charge is 2.19. The minimum atomic E-state index is -2.91. The molecule has 168 valence electrons. The lowest BCUT2D eigenvalue weighted by Gasteiger charge is -2.17. The minimum Gasteiger partial charge on any atom is -0.369 e. The molecule has 0 saturated carbocycles. The summed E-state index contributed by atoms with van der Waals surface area (Å²) in [5.41, 5.74) is 2.20. The largest absolute Gasteiger partial charge is 0.369 e. The van der Waals surface area contributed by atoms with Crippen molar-refractivity contribution in [2.24, 2.45) is 0 Å². The van der Waals surface area contributed by atoms with Crippen LogP contribution in [-0.4, -0.2) is 44.4 Å². The number of nitrogens with zero attached hydrogens (tertiary/aromatic N) is 5. The summed E-state index contributed by atoms with van der Waals surface area (Å²) in [6, 6.07) is 6.94. The van der Waals surface area contributed by atoms with E-state index in [1.165, 1.54) is 25.8 Å². The van der Waals surface area contributed by atoms with Gasteiger partial charge in [-0.25, -0.2) is 24.3 Å². The molecule has 0 bridgehead atoms. The second kappa shape index (κ2) is 9.64. The lowest BCUT2D eigenvalue weighted by atomic mass is 9.96. The average molecular weight is 451 g/mol. The van der Waals surface area contributed by atoms with Crippen LogP contribution in [0.5, 0.6) is 0 Å². The third-order valence-corrected chi connectivity index (χ3v) is 5.18. The van der Waals surface area contributed by atoms with Crippen molar-refractivity contribution in [3.05, 3.63) is 72.0 Å². The van der Waals surface area contributed by atoms with Gasteiger partial charge in [0.15, 0.2) is 5.82 Å². The Hall–Kier alpha value is -4.01. The lowest BCUT2D eigenvalue weighted by Crippen LogP contribution is -2.20. The zero-order valence-electron chi connectivity index (χ0n) is 22.9. The highest BCUT2D eigenvalue weighted by Crippen LogP contribution is 2.28. The van der Waals surface area contributed by atoms with Crippen molar-refractivity contribution in [1.82, 2.24) is 30.2 Å². The first kappa shape index (κ1) is 16.6. The third-order valence-electron chi connectivity index (χ3n) is 5.18. The molecule has 8 nitrogen and oxygen atoms in total. The molecule has 0 aliphatic rings. The maximum Gasteiger partial charge on any atom is 0.254 e. The fourth-order valence-corrected chi connectivity index (χ4v) is 3.48. The molecule has 0 radical (unpaired) electrons. The number of aryl methyl sites for hydroxylation is 1. The van der Waals surface area contributed by atoms with Crippen LogP contribution in [0.2, 0.25) is 0 Å². The van der Waals surface area contributed by atoms with Crippen molar-refractivity contribution < 1.29 is 16.0 Å². The number of carbonyl (C=O) groups is 1. The number of aromatic nitrogens is 5. The molecule has 1 aromatic carbocycles. The van der Waals surface area contributed by atoms with Crippen molar-refractivity contribution >= 4 is 22.6 Å². The maximum absolute atomic E-state index is 14.4. The van der Waals surface area contributed by atoms with Crippen LogP contribution < -0.4 is 10.6 Å². The maximum atomic E-state index is 14.4. The first-order chi connectivity index (χ1) is 17.9. The van der Waals surface area contributed by atoms with Gasteiger partial charge in [-0.1, -0.05) is 32.0 Å². The molecule has 9 heteroatoms. The van der Waals surface area contributed by atoms with Gasteiger partial charge >= 0.3 is 0 Å². The Balaban J connectivity index is 1.53. The highest BCUT2D eigenvalue weighted by molar-refractivity contribution is 6.06. The predicted molar refractivity (Wildman–Crippen MR) is 124 cm³/mol. The van der Waals surface area contributed by atoms with Crippen molar-refractivity contribution in [1.29, 1.82) is 0 Å². The molecular formula is C24H24FN7O. The molecule has 3 heterocycles. The van der Waals surface area contributed by atoms with Gasteiger partial charge in [0.2, 0.25) is 0 Å². The van der Waals surface area contributed by atoms with E-state index >= 15 is 0 Å². The van der Waals surface area contributed by atoms with E-state index in [2.05, 4.69) is 35.6 Å². The van der Waals surface area contributed by atoms with Gasteiger partial charge in [-0.2, -0.15) is 0 Å². The fraction of sp³-hybridized carbons (Fsp3) is 0.250. The number of fused-ring (bicyclic) bond motifs is 1. The van der Waals surface area contributed by atoms with Gasteiger partial charge in [0, 0.05) is 62.1 Å². The number of pyridine rings is 1. The molecule has 0 spiro atoms. The summed E-state index contributed by atoms with van der Waals surface area (Å²) in [5.74, 6) is -1.27. The number of anilines is 1. The van der Waals surface area contributed by atoms with E-state index < -0.39 is 30.8 Å². The molecular weight excluding hydrogens is 421 g/mol. The van der Waals surface area contributed by atoms with Gasteiger partial charge in [0.25, 0.3) is 5.91 Å². The molecule has 4 aromatic rings. The summed E-state index contributed by atoms with van der Waals surface area (Å²) in [6.07, 6.45) is 2.32. The Labute approximate surface area is 197 Å². The topological polar surface area (TPSA) is 106 Å². The fourth-order valence-electron chi connectivity index (χ4n) is 3.48. The summed E-state index contributed by atoms with van der Waals surface area (Å²) in [4.78, 5) is 32.7. The van der Waals surface area contributed by atoms with Crippen molar-refractivity contribution in [2.75, 3.05) is 18.9 Å². The van der Waals surface area contributed by atoms with Crippen LogP contribution in [0.15, 0.2) is 49.2 Å². The van der Waals surface area contributed by atoms with E-state index in [4.69, 9.17) is 6.85 Å². The van der Waals surface area contributed by atoms with Crippen LogP contribution in [-0.2, 0) is 6.37 Å². The molecule has 2 N–H and O–H groups in total. The highest BCUT2D eigenvalue weighted by atomic mass is 19.1. The van der Waals surface area contributed by atoms with Crippen molar-refractivity contribution in [3.8, 4) is 11.3 Å². The Morgan fingerprint density at radius 1 is 1.18 bits per heavy atom. The zero-order valence-corrected chi connectivity index (χ0v) is 17.9. The average Bonchev–Trinajstić information content (AvgIpc) is 2.90. The molecule has 0 unspecified atom stereocenters. The molecule has 1 amide bonds. The van der Waals surface area contributed by atoms with Crippen LogP contribution in [0.4, 0.5) is 10.2 Å². The second-order valence-electron chi connectivity index (χ2n) is 7.29. The molecule has 0 fully saturated rings. The standard InChI is InChI=1S/C24H24FN7O/c1-4-20-28-10-15(11-29-20)19-8-21(32-13-31-19)27-9-14(2)16-6-5-7-17-22(24(33)26-3)18(25)12-30-23(16)17/h5-8,10-14H,4,9H2,1-3H3,(H,26,33)(H,27,31,32)/t14-/m1/s1/i1D3,4D2. The van der Waals surface area contributed by atoms with E-state index in [-0.39, 0.29) is 11.5 Å². The summed E-state index contributed by atoms with van der Waals surface area (Å²) in [6.45, 7) is -0.521. The van der Waals surface area contributed by atoms with Crippen LogP contribution in [0, 0.1) is 5.82 Å². The van der Waals surface area contributed by atoms with Crippen molar-refractivity contribution in [3.63, 3.8) is 0 Å². The molecule has 0 aliphatic carbocycles. The van der Waals surface area contributed by atoms with Crippen LogP contribution in [0.25, 0.3) is 22.2 Å². The molecule has 1 atom stereocenters. The van der Waals surface area contributed by atoms with Crippen LogP contribution in [0.3, 0.4) is 0 Å². The van der Waals surface area contributed by atoms with Gasteiger partial charge in [-0.05, 0) is 5.56 Å². The number of halogens is 1. The van der Waals surface area contributed by atoms with E-state index in [1.54, 1.807) is 18.2 Å². The minimum absolute atomic E-state index is 0.0554. The SMILES string of the molecule is [2H]C([2H])([2H])C([2H])([2H])c1ncc(-c2cc(NC[C@@H](C)c3cccc4c(C(=O)NC)c(F)cnc34)ncn2)cn1. The summed E-state index contributed by atoms with van der Waals surface area (Å²) < 4.78 is 52.1. The van der Waals surface area contributed by atoms with Crippen LogP contribution in [0.1, 0.15) is 48.3 Å².